The fourth-order valence-electron chi connectivity index (χ4n) is 4.96. The Bertz CT molecular complexity index is 1350. The van der Waals surface area contributed by atoms with E-state index in [9.17, 15) is 13.2 Å². The molecule has 4 rings (SSSR count). The van der Waals surface area contributed by atoms with Gasteiger partial charge < -0.3 is 19.1 Å². The van der Waals surface area contributed by atoms with E-state index < -0.39 is 15.4 Å². The minimum Gasteiger partial charge on any atom is -0.497 e. The molecule has 0 radical (unpaired) electrons. The van der Waals surface area contributed by atoms with Crippen molar-refractivity contribution < 1.29 is 27.4 Å². The maximum absolute atomic E-state index is 13.9. The second-order valence-electron chi connectivity index (χ2n) is 9.97. The van der Waals surface area contributed by atoms with Gasteiger partial charge in [-0.15, -0.1) is 0 Å². The van der Waals surface area contributed by atoms with Crippen LogP contribution in [0.3, 0.4) is 0 Å². The largest absolute Gasteiger partial charge is 0.497 e. The predicted octanol–water partition coefficient (Wildman–Crippen LogP) is 4.60. The molecule has 0 bridgehead atoms. The van der Waals surface area contributed by atoms with E-state index in [1.165, 1.54) is 24.6 Å². The van der Waals surface area contributed by atoms with Gasteiger partial charge in [0.2, 0.25) is 15.9 Å². The van der Waals surface area contributed by atoms with Gasteiger partial charge >= 0.3 is 0 Å². The van der Waals surface area contributed by atoms with Crippen LogP contribution < -0.4 is 14.2 Å². The molecule has 1 amide bonds. The molecule has 1 fully saturated rings. The lowest BCUT2D eigenvalue weighted by molar-refractivity contribution is -0.134. The van der Waals surface area contributed by atoms with Crippen molar-refractivity contribution >= 4 is 15.9 Å². The molecular weight excluding hydrogens is 516 g/mol. The van der Waals surface area contributed by atoms with E-state index in [1.54, 1.807) is 24.1 Å². The number of hydrogen-bond donors (Lipinski definition) is 0. The fraction of sp³-hybridized carbons (Fsp3) is 0.367. The van der Waals surface area contributed by atoms with Crippen LogP contribution in [0.2, 0.25) is 0 Å². The Morgan fingerprint density at radius 1 is 0.949 bits per heavy atom. The van der Waals surface area contributed by atoms with E-state index in [4.69, 9.17) is 14.2 Å². The van der Waals surface area contributed by atoms with Gasteiger partial charge in [-0.2, -0.15) is 4.31 Å². The molecule has 0 spiro atoms. The number of carbonyl (C=O) groups is 1. The van der Waals surface area contributed by atoms with E-state index in [0.29, 0.717) is 37.4 Å². The number of piperidine rings is 1. The van der Waals surface area contributed by atoms with Gasteiger partial charge in [0.15, 0.2) is 0 Å². The van der Waals surface area contributed by atoms with Crippen LogP contribution in [-0.2, 0) is 21.4 Å². The number of methoxy groups -OCH3 is 2. The Hall–Kier alpha value is -3.56. The number of benzene rings is 3. The zero-order valence-corrected chi connectivity index (χ0v) is 23.5. The molecule has 0 aromatic heterocycles. The average molecular weight is 553 g/mol. The lowest BCUT2D eigenvalue weighted by Gasteiger charge is -2.42. The molecule has 9 heteroatoms. The quantitative estimate of drug-likeness (QED) is 0.346. The highest BCUT2D eigenvalue weighted by atomic mass is 32.2. The summed E-state index contributed by atoms with van der Waals surface area (Å²) in [6, 6.07) is 23.9. The topological polar surface area (TPSA) is 85.4 Å². The first kappa shape index (κ1) is 28.4. The standard InChI is InChI=1S/C30H36N2O6S/c1-31(21-24-11-6-4-7-12-24)29(33)20-30(23-38-25-13-8-5-9-14-25)17-10-18-32(22-30)39(34,35)28-19-26(36-2)15-16-27(28)37-3/h4-9,11-16,19H,10,17-18,20-23H2,1-3H3. The number of para-hydroxylation sites is 1. The molecule has 1 aliphatic rings. The van der Waals surface area contributed by atoms with Gasteiger partial charge in [0.05, 0.1) is 20.8 Å². The third-order valence-corrected chi connectivity index (χ3v) is 8.98. The van der Waals surface area contributed by atoms with E-state index in [-0.39, 0.29) is 36.1 Å². The van der Waals surface area contributed by atoms with Gasteiger partial charge in [-0.25, -0.2) is 8.42 Å². The number of rotatable bonds is 11. The van der Waals surface area contributed by atoms with Crippen molar-refractivity contribution in [2.45, 2.75) is 30.7 Å². The highest BCUT2D eigenvalue weighted by Crippen LogP contribution is 2.39. The molecule has 208 valence electrons. The second-order valence-corrected chi connectivity index (χ2v) is 11.9. The number of sulfonamides is 1. The predicted molar refractivity (Wildman–Crippen MR) is 149 cm³/mol. The average Bonchev–Trinajstić information content (AvgIpc) is 2.97. The van der Waals surface area contributed by atoms with Gasteiger partial charge in [-0.05, 0) is 42.7 Å². The van der Waals surface area contributed by atoms with Crippen LogP contribution in [0.15, 0.2) is 83.8 Å². The Morgan fingerprint density at radius 2 is 1.64 bits per heavy atom. The van der Waals surface area contributed by atoms with Crippen LogP contribution in [0.4, 0.5) is 0 Å². The normalized spacial score (nSPS) is 17.8. The first-order valence-electron chi connectivity index (χ1n) is 12.9. The number of ether oxygens (including phenoxy) is 3. The second kappa shape index (κ2) is 12.5. The van der Waals surface area contributed by atoms with Gasteiger partial charge in [0.1, 0.15) is 22.1 Å². The molecule has 1 aliphatic heterocycles. The molecule has 1 unspecified atom stereocenters. The minimum atomic E-state index is -3.95. The van der Waals surface area contributed by atoms with E-state index in [1.807, 2.05) is 60.7 Å². The van der Waals surface area contributed by atoms with Crippen LogP contribution in [0.1, 0.15) is 24.8 Å². The Morgan fingerprint density at radius 3 is 2.31 bits per heavy atom. The van der Waals surface area contributed by atoms with E-state index in [2.05, 4.69) is 0 Å². The Labute approximate surface area is 231 Å². The summed E-state index contributed by atoms with van der Waals surface area (Å²) >= 11 is 0. The van der Waals surface area contributed by atoms with Crippen LogP contribution in [0, 0.1) is 5.41 Å². The van der Waals surface area contributed by atoms with Crippen molar-refractivity contribution in [3.8, 4) is 17.2 Å². The summed E-state index contributed by atoms with van der Waals surface area (Å²) < 4.78 is 46.1. The highest BCUT2D eigenvalue weighted by molar-refractivity contribution is 7.89. The third kappa shape index (κ3) is 6.91. The summed E-state index contributed by atoms with van der Waals surface area (Å²) in [5.74, 6) is 1.28. The summed E-state index contributed by atoms with van der Waals surface area (Å²) in [5.41, 5.74) is 0.316. The zero-order valence-electron chi connectivity index (χ0n) is 22.7. The molecule has 8 nitrogen and oxygen atoms in total. The van der Waals surface area contributed by atoms with Crippen LogP contribution in [0.25, 0.3) is 0 Å². The SMILES string of the molecule is COc1ccc(OC)c(S(=O)(=O)N2CCCC(COc3ccccc3)(CC(=O)N(C)Cc3ccccc3)C2)c1. The molecule has 1 saturated heterocycles. The highest BCUT2D eigenvalue weighted by Gasteiger charge is 2.43. The first-order valence-corrected chi connectivity index (χ1v) is 14.4. The first-order chi connectivity index (χ1) is 18.8. The lowest BCUT2D eigenvalue weighted by Crippen LogP contribution is -2.50. The van der Waals surface area contributed by atoms with Crippen molar-refractivity contribution in [3.63, 3.8) is 0 Å². The maximum atomic E-state index is 13.9. The van der Waals surface area contributed by atoms with E-state index >= 15 is 0 Å². The monoisotopic (exact) mass is 552 g/mol. The van der Waals surface area contributed by atoms with Crippen molar-refractivity contribution in [2.24, 2.45) is 5.41 Å². The van der Waals surface area contributed by atoms with E-state index in [0.717, 1.165) is 5.56 Å². The van der Waals surface area contributed by atoms with Gasteiger partial charge in [0.25, 0.3) is 0 Å². The zero-order chi connectivity index (χ0) is 27.9. The van der Waals surface area contributed by atoms with Crippen LogP contribution >= 0.6 is 0 Å². The molecule has 1 atom stereocenters. The number of hydrogen-bond acceptors (Lipinski definition) is 6. The summed E-state index contributed by atoms with van der Waals surface area (Å²) in [7, 11) is 0.759. The molecular formula is C30H36N2O6S. The molecule has 3 aromatic carbocycles. The van der Waals surface area contributed by atoms with Crippen LogP contribution in [0.5, 0.6) is 17.2 Å². The van der Waals surface area contributed by atoms with Gasteiger partial charge in [-0.3, -0.25) is 4.79 Å². The smallest absolute Gasteiger partial charge is 0.246 e. The summed E-state index contributed by atoms with van der Waals surface area (Å²) in [6.45, 7) is 1.17. The van der Waals surface area contributed by atoms with Crippen molar-refractivity contribution in [3.05, 3.63) is 84.4 Å². The maximum Gasteiger partial charge on any atom is 0.246 e. The molecule has 3 aromatic rings. The van der Waals surface area contributed by atoms with Crippen molar-refractivity contribution in [1.29, 1.82) is 0 Å². The number of amides is 1. The van der Waals surface area contributed by atoms with Gasteiger partial charge in [0, 0.05) is 44.6 Å². The van der Waals surface area contributed by atoms with Crippen molar-refractivity contribution in [1.82, 2.24) is 9.21 Å². The van der Waals surface area contributed by atoms with Gasteiger partial charge in [-0.1, -0.05) is 48.5 Å². The minimum absolute atomic E-state index is 0.0386. The molecule has 0 aliphatic carbocycles. The van der Waals surface area contributed by atoms with Crippen molar-refractivity contribution in [2.75, 3.05) is 41.0 Å². The molecule has 39 heavy (non-hydrogen) atoms. The Kier molecular flexibility index (Phi) is 9.14. The molecule has 1 heterocycles. The summed E-state index contributed by atoms with van der Waals surface area (Å²) in [6.07, 6.45) is 1.41. The number of nitrogens with zero attached hydrogens (tertiary/aromatic N) is 2. The fourth-order valence-corrected chi connectivity index (χ4v) is 6.72. The summed E-state index contributed by atoms with van der Waals surface area (Å²) in [4.78, 5) is 15.2. The third-order valence-electron chi connectivity index (χ3n) is 7.12. The molecule has 0 saturated carbocycles. The Balaban J connectivity index is 1.61. The van der Waals surface area contributed by atoms with Crippen LogP contribution in [-0.4, -0.2) is 64.5 Å². The summed E-state index contributed by atoms with van der Waals surface area (Å²) in [5, 5.41) is 0. The lowest BCUT2D eigenvalue weighted by atomic mass is 9.78. The number of carbonyl (C=O) groups excluding carboxylic acids is 1. The molecule has 0 N–H and O–H groups in total.